The summed E-state index contributed by atoms with van der Waals surface area (Å²) in [5, 5.41) is 0.717. The number of anilines is 1. The van der Waals surface area contributed by atoms with Gasteiger partial charge in [0, 0.05) is 35.5 Å². The second kappa shape index (κ2) is 11.6. The van der Waals surface area contributed by atoms with Crippen LogP contribution in [0, 0.1) is 18.6 Å². The topological polar surface area (TPSA) is 139 Å². The van der Waals surface area contributed by atoms with E-state index in [-0.39, 0.29) is 18.2 Å². The number of aryl methyl sites for hydroxylation is 1. The summed E-state index contributed by atoms with van der Waals surface area (Å²) in [7, 11) is -3.13. The minimum absolute atomic E-state index is 0.0475. The molecule has 4 rings (SSSR count). The molecule has 10 nitrogen and oxygen atoms in total. The summed E-state index contributed by atoms with van der Waals surface area (Å²) in [5.41, 5.74) is 7.81. The van der Waals surface area contributed by atoms with Crippen LogP contribution < -0.4 is 19.9 Å². The molecule has 2 heterocycles. The number of hydrogen-bond acceptors (Lipinski definition) is 9. The third-order valence-corrected chi connectivity index (χ3v) is 6.85. The molecule has 200 valence electrons. The van der Waals surface area contributed by atoms with Crippen molar-refractivity contribution in [3.8, 4) is 22.8 Å². The number of methoxy groups -OCH3 is 1. The van der Waals surface area contributed by atoms with Crippen molar-refractivity contribution in [3.05, 3.63) is 66.3 Å². The molecule has 0 unspecified atom stereocenters. The minimum atomic E-state index is -4.44. The highest BCUT2D eigenvalue weighted by Gasteiger charge is 2.22. The first kappa shape index (κ1) is 27.1. The highest BCUT2D eigenvalue weighted by atomic mass is 32.2. The quantitative estimate of drug-likeness (QED) is 0.271. The molecular formula is C25H25F2N5O5S. The van der Waals surface area contributed by atoms with Crippen LogP contribution in [-0.2, 0) is 14.8 Å². The number of fused-ring (bicyclic) bond motifs is 1. The Morgan fingerprint density at radius 3 is 2.55 bits per heavy atom. The van der Waals surface area contributed by atoms with Crippen LogP contribution in [0.2, 0.25) is 0 Å². The molecule has 0 bridgehead atoms. The van der Waals surface area contributed by atoms with E-state index in [1.165, 1.54) is 25.7 Å². The van der Waals surface area contributed by atoms with Crippen LogP contribution in [0.4, 0.5) is 14.5 Å². The number of nitrogens with one attached hydrogen (secondary N) is 1. The van der Waals surface area contributed by atoms with Crippen molar-refractivity contribution in [1.82, 2.24) is 15.0 Å². The summed E-state index contributed by atoms with van der Waals surface area (Å²) < 4.78 is 72.1. The molecular weight excluding hydrogens is 520 g/mol. The summed E-state index contributed by atoms with van der Waals surface area (Å²) in [6.45, 7) is 3.20. The number of sulfonamides is 1. The number of pyridine rings is 1. The lowest BCUT2D eigenvalue weighted by molar-refractivity contribution is 0.106. The van der Waals surface area contributed by atoms with Gasteiger partial charge in [-0.2, -0.15) is 0 Å². The molecule has 38 heavy (non-hydrogen) atoms. The van der Waals surface area contributed by atoms with Crippen LogP contribution in [-0.4, -0.2) is 56.8 Å². The molecule has 0 spiro atoms. The van der Waals surface area contributed by atoms with Crippen molar-refractivity contribution >= 4 is 26.6 Å². The van der Waals surface area contributed by atoms with Crippen molar-refractivity contribution in [2.24, 2.45) is 5.73 Å². The number of nitrogens with zero attached hydrogens (tertiary/aromatic N) is 3. The summed E-state index contributed by atoms with van der Waals surface area (Å²) in [6.07, 6.45) is 2.93. The highest BCUT2D eigenvalue weighted by molar-refractivity contribution is 7.92. The Balaban J connectivity index is 1.73. The van der Waals surface area contributed by atoms with Crippen LogP contribution in [0.5, 0.6) is 11.6 Å². The SMILES string of the molecule is COc1ncc(-c2cc(OCCOCCN)c3ncnc(C)c3c2)cc1NS(=O)(=O)c1ccc(F)cc1F. The Hall–Kier alpha value is -3.94. The fourth-order valence-electron chi connectivity index (χ4n) is 3.67. The minimum Gasteiger partial charge on any atom is -0.489 e. The lowest BCUT2D eigenvalue weighted by Gasteiger charge is -2.15. The maximum atomic E-state index is 14.2. The lowest BCUT2D eigenvalue weighted by Crippen LogP contribution is -2.16. The predicted molar refractivity (Wildman–Crippen MR) is 137 cm³/mol. The Morgan fingerprint density at radius 2 is 1.82 bits per heavy atom. The van der Waals surface area contributed by atoms with Gasteiger partial charge in [0.2, 0.25) is 5.88 Å². The fourth-order valence-corrected chi connectivity index (χ4v) is 4.78. The third-order valence-electron chi connectivity index (χ3n) is 5.46. The van der Waals surface area contributed by atoms with Crippen LogP contribution in [0.3, 0.4) is 0 Å². The van der Waals surface area contributed by atoms with Gasteiger partial charge < -0.3 is 19.9 Å². The van der Waals surface area contributed by atoms with E-state index in [0.29, 0.717) is 59.3 Å². The Morgan fingerprint density at radius 1 is 1.00 bits per heavy atom. The maximum absolute atomic E-state index is 14.2. The van der Waals surface area contributed by atoms with E-state index in [1.807, 2.05) is 13.0 Å². The van der Waals surface area contributed by atoms with Gasteiger partial charge in [0.25, 0.3) is 10.0 Å². The molecule has 0 saturated heterocycles. The molecule has 0 saturated carbocycles. The molecule has 0 aliphatic rings. The molecule has 0 atom stereocenters. The van der Waals surface area contributed by atoms with E-state index >= 15 is 0 Å². The monoisotopic (exact) mass is 545 g/mol. The van der Waals surface area contributed by atoms with Crippen molar-refractivity contribution in [2.45, 2.75) is 11.8 Å². The summed E-state index contributed by atoms with van der Waals surface area (Å²) in [4.78, 5) is 12.1. The Bertz CT molecular complexity index is 1570. The van der Waals surface area contributed by atoms with Crippen LogP contribution >= 0.6 is 0 Å². The molecule has 0 amide bonds. The first-order chi connectivity index (χ1) is 18.2. The van der Waals surface area contributed by atoms with Crippen molar-refractivity contribution in [3.63, 3.8) is 0 Å². The van der Waals surface area contributed by atoms with Gasteiger partial charge in [-0.05, 0) is 42.8 Å². The average Bonchev–Trinajstić information content (AvgIpc) is 2.88. The van der Waals surface area contributed by atoms with E-state index in [2.05, 4.69) is 19.7 Å². The van der Waals surface area contributed by atoms with E-state index < -0.39 is 26.6 Å². The number of rotatable bonds is 11. The van der Waals surface area contributed by atoms with Crippen LogP contribution in [0.15, 0.2) is 53.8 Å². The van der Waals surface area contributed by atoms with Gasteiger partial charge in [-0.25, -0.2) is 32.2 Å². The van der Waals surface area contributed by atoms with Crippen molar-refractivity contribution in [2.75, 3.05) is 38.2 Å². The first-order valence-corrected chi connectivity index (χ1v) is 12.9. The fraction of sp³-hybridized carbons (Fsp3) is 0.240. The zero-order chi connectivity index (χ0) is 27.3. The summed E-state index contributed by atoms with van der Waals surface area (Å²) in [6, 6.07) is 7.22. The van der Waals surface area contributed by atoms with E-state index in [9.17, 15) is 17.2 Å². The molecule has 0 aliphatic carbocycles. The second-order valence-electron chi connectivity index (χ2n) is 8.04. The molecule has 0 fully saturated rings. The van der Waals surface area contributed by atoms with Gasteiger partial charge in [0.05, 0.1) is 20.3 Å². The number of halogens is 2. The van der Waals surface area contributed by atoms with Gasteiger partial charge >= 0.3 is 0 Å². The van der Waals surface area contributed by atoms with E-state index in [4.69, 9.17) is 19.9 Å². The number of nitrogens with two attached hydrogens (primary N) is 1. The normalized spacial score (nSPS) is 11.5. The maximum Gasteiger partial charge on any atom is 0.264 e. The predicted octanol–water partition coefficient (Wildman–Crippen LogP) is 3.44. The van der Waals surface area contributed by atoms with Gasteiger partial charge in [0.1, 0.15) is 46.4 Å². The zero-order valence-electron chi connectivity index (χ0n) is 20.6. The largest absolute Gasteiger partial charge is 0.489 e. The molecule has 2 aromatic carbocycles. The summed E-state index contributed by atoms with van der Waals surface area (Å²) in [5.74, 6) is -1.72. The standard InChI is InChI=1S/C25H25F2N5O5S/c1-15-19-9-16(11-22(24(19)31-14-30-15)37-8-7-36-6-5-28)17-10-21(25(35-2)29-13-17)32-38(33,34)23-4-3-18(26)12-20(23)27/h3-4,9-14,32H,5-8,28H2,1-2H3. The lowest BCUT2D eigenvalue weighted by atomic mass is 10.0. The molecule has 0 radical (unpaired) electrons. The third kappa shape index (κ3) is 5.96. The molecule has 2 aromatic heterocycles. The first-order valence-electron chi connectivity index (χ1n) is 11.4. The molecule has 0 aliphatic heterocycles. The second-order valence-corrected chi connectivity index (χ2v) is 9.69. The average molecular weight is 546 g/mol. The zero-order valence-corrected chi connectivity index (χ0v) is 21.4. The highest BCUT2D eigenvalue weighted by Crippen LogP contribution is 2.35. The number of aromatic nitrogens is 3. The van der Waals surface area contributed by atoms with Crippen LogP contribution in [0.25, 0.3) is 22.0 Å². The van der Waals surface area contributed by atoms with Crippen LogP contribution in [0.1, 0.15) is 5.69 Å². The number of ether oxygens (including phenoxy) is 3. The Labute approximate surface area is 217 Å². The molecule has 13 heteroatoms. The summed E-state index contributed by atoms with van der Waals surface area (Å²) >= 11 is 0. The van der Waals surface area contributed by atoms with E-state index in [0.717, 1.165) is 12.1 Å². The number of benzene rings is 2. The van der Waals surface area contributed by atoms with Gasteiger partial charge in [-0.15, -0.1) is 0 Å². The van der Waals surface area contributed by atoms with E-state index in [1.54, 1.807) is 6.07 Å². The Kier molecular flexibility index (Phi) is 8.29. The van der Waals surface area contributed by atoms with Gasteiger partial charge in [-0.3, -0.25) is 4.72 Å². The molecule has 4 aromatic rings. The smallest absolute Gasteiger partial charge is 0.264 e. The van der Waals surface area contributed by atoms with Crippen molar-refractivity contribution < 1.29 is 31.4 Å². The number of hydrogen-bond donors (Lipinski definition) is 2. The molecule has 3 N–H and O–H groups in total. The van der Waals surface area contributed by atoms with Crippen molar-refractivity contribution in [1.29, 1.82) is 0 Å². The van der Waals surface area contributed by atoms with Gasteiger partial charge in [0.15, 0.2) is 0 Å². The van der Waals surface area contributed by atoms with Gasteiger partial charge in [-0.1, -0.05) is 0 Å².